The van der Waals surface area contributed by atoms with Gasteiger partial charge in [-0.05, 0) is 136 Å². The third-order valence-electron chi connectivity index (χ3n) is 18.2. The number of fused-ring (bicyclic) bond motifs is 2. The van der Waals surface area contributed by atoms with Crippen molar-refractivity contribution in [2.75, 3.05) is 72.2 Å². The van der Waals surface area contributed by atoms with E-state index in [1.54, 1.807) is 14.7 Å². The van der Waals surface area contributed by atoms with Crippen LogP contribution in [0.25, 0.3) is 0 Å². The molecule has 19 nitrogen and oxygen atoms in total. The summed E-state index contributed by atoms with van der Waals surface area (Å²) in [6, 6.07) is 2.14. The minimum Gasteiger partial charge on any atom is -0.343 e. The number of sulfonamides is 2. The van der Waals surface area contributed by atoms with Crippen LogP contribution in [-0.2, 0) is 63.9 Å². The Kier molecular flexibility index (Phi) is 25.5. The number of alkyl halides is 2. The summed E-state index contributed by atoms with van der Waals surface area (Å²) in [6.07, 6.45) is 5.30. The second kappa shape index (κ2) is 31.6. The molecule has 6 fully saturated rings. The molecule has 6 aliphatic rings. The number of benzene rings is 3. The van der Waals surface area contributed by atoms with Gasteiger partial charge in [0.1, 0.15) is 23.2 Å². The fourth-order valence-electron chi connectivity index (χ4n) is 12.5. The van der Waals surface area contributed by atoms with Gasteiger partial charge < -0.3 is 31.9 Å². The van der Waals surface area contributed by atoms with Gasteiger partial charge in [-0.1, -0.05) is 0 Å². The van der Waals surface area contributed by atoms with E-state index in [0.29, 0.717) is 109 Å². The van der Waals surface area contributed by atoms with Crippen LogP contribution in [0.4, 0.5) is 48.3 Å². The van der Waals surface area contributed by atoms with Crippen molar-refractivity contribution in [2.24, 2.45) is 35.0 Å². The molecule has 1 aliphatic carbocycles. The van der Waals surface area contributed by atoms with Crippen LogP contribution < -0.4 is 26.6 Å². The van der Waals surface area contributed by atoms with Gasteiger partial charge in [0.2, 0.25) is 37.8 Å². The first-order valence-electron chi connectivity index (χ1n) is 30.6. The molecule has 516 valence electrons. The first-order chi connectivity index (χ1) is 43.0. The Bertz CT molecular complexity index is 3280. The van der Waals surface area contributed by atoms with Crippen LogP contribution in [0.15, 0.2) is 36.4 Å². The molecule has 9 rings (SSSR count). The number of hydrogen-bond acceptors (Lipinski definition) is 12. The van der Waals surface area contributed by atoms with Crippen molar-refractivity contribution in [3.8, 4) is 0 Å². The molecule has 0 spiro atoms. The number of carbonyl (C=O) groups is 3. The van der Waals surface area contributed by atoms with Gasteiger partial charge in [-0.2, -0.15) is 12.7 Å². The maximum Gasteiger partial charge on any atom is 0.278 e. The summed E-state index contributed by atoms with van der Waals surface area (Å²) in [5.74, 6) is -14.2. The minimum absolute atomic E-state index is 0.00813. The Hall–Kier alpha value is -5.13. The third kappa shape index (κ3) is 20.2. The number of carbonyl (C=O) groups excluding carboxylic acids is 3. The highest BCUT2D eigenvalue weighted by Crippen LogP contribution is 2.41. The average Bonchev–Trinajstić information content (AvgIpc) is 1.60. The zero-order valence-electron chi connectivity index (χ0n) is 51.1. The van der Waals surface area contributed by atoms with Crippen LogP contribution in [-0.4, -0.2) is 180 Å². The van der Waals surface area contributed by atoms with Gasteiger partial charge in [0.05, 0.1) is 5.25 Å². The van der Waals surface area contributed by atoms with Crippen molar-refractivity contribution in [1.82, 2.24) is 32.8 Å². The maximum absolute atomic E-state index is 14.0. The van der Waals surface area contributed by atoms with E-state index >= 15 is 0 Å². The number of nitrogens with one attached hydrogen (secondary N) is 2. The van der Waals surface area contributed by atoms with Crippen LogP contribution in [0, 0.1) is 70.1 Å². The van der Waals surface area contributed by atoms with Gasteiger partial charge in [0.15, 0.2) is 34.9 Å². The number of likely N-dealkylation sites (tertiary alicyclic amines) is 2. The fraction of sp³-hybridized carbons (Fsp3) is 0.644. The normalized spacial score (nSPS) is 21.9. The Morgan fingerprint density at radius 3 is 1.24 bits per heavy atom. The molecule has 5 saturated heterocycles. The van der Waals surface area contributed by atoms with Gasteiger partial charge >= 0.3 is 0 Å². The maximum atomic E-state index is 14.0. The molecular formula is C59H81F11N10O9S3. The number of halogens is 11. The number of nitrogens with zero attached hydrogens (tertiary/aromatic N) is 5. The second-order valence-electron chi connectivity index (χ2n) is 24.9. The molecule has 3 amide bonds. The van der Waals surface area contributed by atoms with Crippen molar-refractivity contribution in [3.63, 3.8) is 0 Å². The third-order valence-corrected chi connectivity index (χ3v) is 23.4. The molecule has 8 N–H and O–H groups in total. The molecule has 0 aromatic heterocycles. The van der Waals surface area contributed by atoms with Gasteiger partial charge in [0.25, 0.3) is 16.1 Å². The molecule has 5 heterocycles. The molecular weight excluding hydrogens is 1300 g/mol. The summed E-state index contributed by atoms with van der Waals surface area (Å²) in [5, 5.41) is -0.311. The fourth-order valence-corrected chi connectivity index (χ4v) is 15.9. The molecule has 1 saturated carbocycles. The Morgan fingerprint density at radius 2 is 0.870 bits per heavy atom. The molecule has 3 aromatic rings. The highest BCUT2D eigenvalue weighted by molar-refractivity contribution is 7.90. The van der Waals surface area contributed by atoms with Crippen LogP contribution in [0.1, 0.15) is 107 Å². The topological polar surface area (TPSA) is 272 Å². The lowest BCUT2D eigenvalue weighted by molar-refractivity contribution is -0.134. The van der Waals surface area contributed by atoms with Gasteiger partial charge in [-0.25, -0.2) is 78.9 Å². The van der Waals surface area contributed by atoms with E-state index in [1.165, 1.54) is 14.1 Å². The Morgan fingerprint density at radius 1 is 0.511 bits per heavy atom. The van der Waals surface area contributed by atoms with E-state index in [4.69, 9.17) is 17.2 Å². The molecule has 92 heavy (non-hydrogen) atoms. The van der Waals surface area contributed by atoms with E-state index in [-0.39, 0.29) is 122 Å². The second-order valence-corrected chi connectivity index (χ2v) is 30.8. The summed E-state index contributed by atoms with van der Waals surface area (Å²) in [6.45, 7) is 1.34. The average molecular weight is 1380 g/mol. The summed E-state index contributed by atoms with van der Waals surface area (Å²) in [5.41, 5.74) is 18.6. The molecule has 33 heteroatoms. The largest absolute Gasteiger partial charge is 0.343 e. The summed E-state index contributed by atoms with van der Waals surface area (Å²) in [7, 11) is -8.08. The van der Waals surface area contributed by atoms with E-state index in [1.807, 2.05) is 0 Å². The first kappa shape index (κ1) is 74.3. The summed E-state index contributed by atoms with van der Waals surface area (Å²) in [4.78, 5) is 42.4. The first-order valence-corrected chi connectivity index (χ1v) is 35.2. The van der Waals surface area contributed by atoms with Gasteiger partial charge in [-0.15, -0.1) is 0 Å². The SMILES string of the molecule is CN(C)S(=O)(=O)NCCC(=O)N1CCC([C@H](N)Cc2cc(F)c(F)cc2F)CC1.N[C@H](Cc1cc(F)c(F)cc1F)C1CCN(C(=O)CCNS(=O)(=O)C2CC2)CC1.N[C@H](Cc1cc(F)c(F)cc1F)C1C[C@H]2CC[C@@H](C1)N2C(=O)CS(=O)(=O)N1CCC(F)(F)CC1. The van der Waals surface area contributed by atoms with Crippen molar-refractivity contribution in [3.05, 3.63) is 105 Å². The molecule has 0 radical (unpaired) electrons. The van der Waals surface area contributed by atoms with Crippen LogP contribution in [0.3, 0.4) is 0 Å². The lowest BCUT2D eigenvalue weighted by Crippen LogP contribution is -2.53. The highest BCUT2D eigenvalue weighted by atomic mass is 32.2. The molecule has 1 unspecified atom stereocenters. The zero-order valence-corrected chi connectivity index (χ0v) is 53.5. The lowest BCUT2D eigenvalue weighted by Gasteiger charge is -2.41. The summed E-state index contributed by atoms with van der Waals surface area (Å²) >= 11 is 0. The highest BCUT2D eigenvalue weighted by Gasteiger charge is 2.47. The van der Waals surface area contributed by atoms with E-state index < -0.39 is 131 Å². The molecule has 2 bridgehead atoms. The van der Waals surface area contributed by atoms with Crippen molar-refractivity contribution < 1.29 is 87.9 Å². The number of hydrogen-bond donors (Lipinski definition) is 5. The predicted octanol–water partition coefficient (Wildman–Crippen LogP) is 5.49. The van der Waals surface area contributed by atoms with Crippen molar-refractivity contribution in [2.45, 2.75) is 151 Å². The minimum atomic E-state index is -4.01. The van der Waals surface area contributed by atoms with Gasteiger partial charge in [0, 0.05) is 141 Å². The number of piperidine rings is 4. The quantitative estimate of drug-likeness (QED) is 0.0618. The number of nitrogens with two attached hydrogens (primary N) is 3. The van der Waals surface area contributed by atoms with Crippen LogP contribution in [0.2, 0.25) is 0 Å². The number of amides is 3. The molecule has 3 aromatic carbocycles. The Balaban J connectivity index is 0.000000197. The van der Waals surface area contributed by atoms with Crippen molar-refractivity contribution in [1.29, 1.82) is 0 Å². The molecule has 6 atom stereocenters. The number of rotatable bonds is 22. The lowest BCUT2D eigenvalue weighted by atomic mass is 9.82. The monoisotopic (exact) mass is 1380 g/mol. The van der Waals surface area contributed by atoms with Crippen LogP contribution >= 0.6 is 0 Å². The smallest absolute Gasteiger partial charge is 0.278 e. The van der Waals surface area contributed by atoms with Crippen LogP contribution in [0.5, 0.6) is 0 Å². The summed E-state index contributed by atoms with van der Waals surface area (Å²) < 4.78 is 227. The molecule has 5 aliphatic heterocycles. The van der Waals surface area contributed by atoms with E-state index in [2.05, 4.69) is 9.44 Å². The predicted molar refractivity (Wildman–Crippen MR) is 318 cm³/mol. The van der Waals surface area contributed by atoms with Crippen molar-refractivity contribution >= 4 is 48.0 Å². The Labute approximate surface area is 529 Å². The van der Waals surface area contributed by atoms with E-state index in [9.17, 15) is 87.9 Å². The van der Waals surface area contributed by atoms with Gasteiger partial charge in [-0.3, -0.25) is 14.4 Å². The zero-order chi connectivity index (χ0) is 67.8. The standard InChI is InChI=1S/C22H28F5N3O3S.C19H26F3N3O3S.C18H27F3N4O3S/c23-17-11-19(25)18(24)9-13(17)10-20(28)14-7-15-1-2-16(8-14)30(15)21(31)12-34(32,33)29-5-3-22(26,27)4-6-29;20-15-11-17(22)16(21)9-13(15)10-18(23)12-4-7-25(8-5-12)19(26)3-6-24-29(27,28)14-1-2-14;1-24(2)29(27,28)23-6-3-18(26)25-7-4-12(5-8-25)17(22)10-13-9-15(20)16(21)11-14(13)19/h9,11,14-16,20H,1-8,10,12,28H2;9,11-12,14,18,24H,1-8,10,23H2;9,11-12,17,23H,3-8,10,22H2,1-2H3/t14?,15-,16+,20-;18-;17-/m111/s1. The van der Waals surface area contributed by atoms with E-state index in [0.717, 1.165) is 26.8 Å².